The number of anilines is 1. The van der Waals surface area contributed by atoms with E-state index in [0.717, 1.165) is 12.8 Å². The number of rotatable bonds is 8. The Bertz CT molecular complexity index is 418. The molecule has 19 heavy (non-hydrogen) atoms. The SMILES string of the molecule is CCCCOCCNc1c(F)cc([N+](=O)[O-])cc1F. The molecule has 106 valence electrons. The third-order valence-electron chi connectivity index (χ3n) is 2.43. The zero-order valence-corrected chi connectivity index (χ0v) is 10.6. The summed E-state index contributed by atoms with van der Waals surface area (Å²) in [6.45, 7) is 3.18. The van der Waals surface area contributed by atoms with Crippen molar-refractivity contribution in [2.24, 2.45) is 0 Å². The number of halogens is 2. The summed E-state index contributed by atoms with van der Waals surface area (Å²) in [6.07, 6.45) is 1.94. The molecule has 0 radical (unpaired) electrons. The number of nitrogens with one attached hydrogen (secondary N) is 1. The monoisotopic (exact) mass is 274 g/mol. The molecule has 0 amide bonds. The van der Waals surface area contributed by atoms with Crippen LogP contribution in [-0.2, 0) is 4.74 Å². The molecule has 7 heteroatoms. The first-order valence-electron chi connectivity index (χ1n) is 6.01. The van der Waals surface area contributed by atoms with Crippen LogP contribution < -0.4 is 5.32 Å². The summed E-state index contributed by atoms with van der Waals surface area (Å²) < 4.78 is 32.1. The van der Waals surface area contributed by atoms with Crippen LogP contribution in [-0.4, -0.2) is 24.7 Å². The summed E-state index contributed by atoms with van der Waals surface area (Å²) in [7, 11) is 0. The first-order chi connectivity index (χ1) is 9.06. The van der Waals surface area contributed by atoms with E-state index >= 15 is 0 Å². The summed E-state index contributed by atoms with van der Waals surface area (Å²) >= 11 is 0. The summed E-state index contributed by atoms with van der Waals surface area (Å²) in [4.78, 5) is 9.57. The molecule has 0 fully saturated rings. The third kappa shape index (κ3) is 4.78. The fourth-order valence-corrected chi connectivity index (χ4v) is 1.43. The second-order valence-corrected chi connectivity index (χ2v) is 3.93. The number of unbranched alkanes of at least 4 members (excludes halogenated alkanes) is 1. The van der Waals surface area contributed by atoms with Crippen molar-refractivity contribution >= 4 is 11.4 Å². The van der Waals surface area contributed by atoms with Gasteiger partial charge in [-0.25, -0.2) is 8.78 Å². The van der Waals surface area contributed by atoms with E-state index in [1.165, 1.54) is 0 Å². The van der Waals surface area contributed by atoms with Gasteiger partial charge in [-0.3, -0.25) is 10.1 Å². The Balaban J connectivity index is 2.52. The number of non-ortho nitro benzene ring substituents is 1. The highest BCUT2D eigenvalue weighted by Gasteiger charge is 2.16. The highest BCUT2D eigenvalue weighted by atomic mass is 19.1. The van der Waals surface area contributed by atoms with E-state index in [1.54, 1.807) is 0 Å². The Labute approximate surface area is 109 Å². The molecule has 0 saturated carbocycles. The van der Waals surface area contributed by atoms with Gasteiger partial charge in [-0.05, 0) is 6.42 Å². The van der Waals surface area contributed by atoms with Gasteiger partial charge in [-0.2, -0.15) is 0 Å². The van der Waals surface area contributed by atoms with E-state index < -0.39 is 22.2 Å². The van der Waals surface area contributed by atoms with Gasteiger partial charge in [0.25, 0.3) is 5.69 Å². The van der Waals surface area contributed by atoms with Gasteiger partial charge in [-0.15, -0.1) is 0 Å². The lowest BCUT2D eigenvalue weighted by atomic mass is 10.2. The molecule has 1 rings (SSSR count). The van der Waals surface area contributed by atoms with Gasteiger partial charge in [0.1, 0.15) is 5.69 Å². The van der Waals surface area contributed by atoms with Crippen LogP contribution in [0.25, 0.3) is 0 Å². The first kappa shape index (κ1) is 15.3. The van der Waals surface area contributed by atoms with Gasteiger partial charge in [0.05, 0.1) is 23.7 Å². The minimum absolute atomic E-state index is 0.232. The molecule has 5 nitrogen and oxygen atoms in total. The number of nitro benzene ring substituents is 1. The Morgan fingerprint density at radius 3 is 2.47 bits per heavy atom. The highest BCUT2D eigenvalue weighted by Crippen LogP contribution is 2.24. The van der Waals surface area contributed by atoms with Crippen molar-refractivity contribution < 1.29 is 18.4 Å². The van der Waals surface area contributed by atoms with Crippen molar-refractivity contribution in [3.05, 3.63) is 33.9 Å². The molecule has 1 aromatic carbocycles. The topological polar surface area (TPSA) is 64.4 Å². The van der Waals surface area contributed by atoms with Crippen LogP contribution >= 0.6 is 0 Å². The molecule has 1 aromatic rings. The molecule has 0 heterocycles. The van der Waals surface area contributed by atoms with Crippen LogP contribution in [0.2, 0.25) is 0 Å². The van der Waals surface area contributed by atoms with E-state index in [-0.39, 0.29) is 12.2 Å². The standard InChI is InChI=1S/C12H16F2N2O3/c1-2-3-5-19-6-4-15-12-10(13)7-9(16(17)18)8-11(12)14/h7-8,15H,2-6H2,1H3. The van der Waals surface area contributed by atoms with Crippen molar-refractivity contribution in [1.82, 2.24) is 0 Å². The van der Waals surface area contributed by atoms with Gasteiger partial charge in [0.15, 0.2) is 11.6 Å². The largest absolute Gasteiger partial charge is 0.380 e. The van der Waals surface area contributed by atoms with E-state index in [4.69, 9.17) is 4.74 Å². The molecule has 0 aromatic heterocycles. The molecule has 0 saturated heterocycles. The number of nitrogens with zero attached hydrogens (tertiary/aromatic N) is 1. The number of ether oxygens (including phenoxy) is 1. The smallest absolute Gasteiger partial charge is 0.275 e. The van der Waals surface area contributed by atoms with Crippen LogP contribution in [0.4, 0.5) is 20.2 Å². The van der Waals surface area contributed by atoms with Gasteiger partial charge < -0.3 is 10.1 Å². The zero-order chi connectivity index (χ0) is 14.3. The minimum Gasteiger partial charge on any atom is -0.380 e. The lowest BCUT2D eigenvalue weighted by molar-refractivity contribution is -0.385. The predicted molar refractivity (Wildman–Crippen MR) is 67.2 cm³/mol. The second-order valence-electron chi connectivity index (χ2n) is 3.93. The summed E-state index contributed by atoms with van der Waals surface area (Å²) in [5, 5.41) is 12.9. The van der Waals surface area contributed by atoms with Gasteiger partial charge in [0.2, 0.25) is 0 Å². The van der Waals surface area contributed by atoms with Crippen LogP contribution in [0.3, 0.4) is 0 Å². The number of hydrogen-bond donors (Lipinski definition) is 1. The molecule has 0 atom stereocenters. The molecular formula is C12H16F2N2O3. The van der Waals surface area contributed by atoms with E-state index in [0.29, 0.717) is 25.3 Å². The molecular weight excluding hydrogens is 258 g/mol. The van der Waals surface area contributed by atoms with Crippen LogP contribution in [0.15, 0.2) is 12.1 Å². The minimum atomic E-state index is -0.986. The second kappa shape index (κ2) is 7.63. The number of benzene rings is 1. The molecule has 0 aliphatic rings. The normalized spacial score (nSPS) is 10.5. The molecule has 0 unspecified atom stereocenters. The molecule has 0 spiro atoms. The Kier molecular flexibility index (Phi) is 6.14. The number of nitro groups is 1. The first-order valence-corrected chi connectivity index (χ1v) is 6.01. The Hall–Kier alpha value is -1.76. The maximum atomic E-state index is 13.5. The van der Waals surface area contributed by atoms with E-state index in [1.807, 2.05) is 6.92 Å². The Morgan fingerprint density at radius 2 is 1.95 bits per heavy atom. The molecule has 1 N–H and O–H groups in total. The van der Waals surface area contributed by atoms with Gasteiger partial charge in [-0.1, -0.05) is 13.3 Å². The van der Waals surface area contributed by atoms with Crippen LogP contribution in [0.5, 0.6) is 0 Å². The lowest BCUT2D eigenvalue weighted by Gasteiger charge is -2.09. The van der Waals surface area contributed by atoms with Crippen LogP contribution in [0, 0.1) is 21.7 Å². The molecule has 0 aliphatic heterocycles. The maximum absolute atomic E-state index is 13.5. The fraction of sp³-hybridized carbons (Fsp3) is 0.500. The lowest BCUT2D eigenvalue weighted by Crippen LogP contribution is -2.12. The van der Waals surface area contributed by atoms with Crippen molar-refractivity contribution in [3.8, 4) is 0 Å². The predicted octanol–water partition coefficient (Wildman–Crippen LogP) is 3.10. The zero-order valence-electron chi connectivity index (χ0n) is 10.6. The van der Waals surface area contributed by atoms with Gasteiger partial charge >= 0.3 is 0 Å². The van der Waals surface area contributed by atoms with Crippen molar-refractivity contribution in [3.63, 3.8) is 0 Å². The Morgan fingerprint density at radius 1 is 1.32 bits per heavy atom. The van der Waals surface area contributed by atoms with E-state index in [2.05, 4.69) is 5.32 Å². The summed E-state index contributed by atoms with van der Waals surface area (Å²) in [5.74, 6) is -1.97. The molecule has 0 bridgehead atoms. The number of hydrogen-bond acceptors (Lipinski definition) is 4. The fourth-order valence-electron chi connectivity index (χ4n) is 1.43. The van der Waals surface area contributed by atoms with Gasteiger partial charge in [0, 0.05) is 13.2 Å². The van der Waals surface area contributed by atoms with Crippen molar-refractivity contribution in [1.29, 1.82) is 0 Å². The quantitative estimate of drug-likeness (QED) is 0.449. The average Bonchev–Trinajstić information content (AvgIpc) is 2.35. The van der Waals surface area contributed by atoms with Crippen molar-refractivity contribution in [2.75, 3.05) is 25.1 Å². The summed E-state index contributed by atoms with van der Waals surface area (Å²) in [6, 6.07) is 1.37. The molecule has 0 aliphatic carbocycles. The van der Waals surface area contributed by atoms with E-state index in [9.17, 15) is 18.9 Å². The summed E-state index contributed by atoms with van der Waals surface area (Å²) in [5.41, 5.74) is -0.982. The van der Waals surface area contributed by atoms with Crippen LogP contribution in [0.1, 0.15) is 19.8 Å². The maximum Gasteiger partial charge on any atom is 0.275 e. The highest BCUT2D eigenvalue weighted by molar-refractivity contribution is 5.51. The van der Waals surface area contributed by atoms with Crippen molar-refractivity contribution in [2.45, 2.75) is 19.8 Å². The average molecular weight is 274 g/mol. The third-order valence-corrected chi connectivity index (χ3v) is 2.43.